The maximum absolute atomic E-state index is 4.59. The van der Waals surface area contributed by atoms with Gasteiger partial charge < -0.3 is 10.2 Å². The van der Waals surface area contributed by atoms with Gasteiger partial charge in [0.1, 0.15) is 0 Å². The lowest BCUT2D eigenvalue weighted by atomic mass is 10.1. The van der Waals surface area contributed by atoms with Crippen molar-refractivity contribution in [3.05, 3.63) is 58.7 Å². The number of aryl methyl sites for hydroxylation is 1. The zero-order valence-corrected chi connectivity index (χ0v) is 15.1. The van der Waals surface area contributed by atoms with E-state index in [1.807, 2.05) is 30.1 Å². The standard InChI is InChI=1S/C18H23N5S/c1-22(2)16(17-7-5-9-24-17)12-20-11-15-13-23(3)21-18(15)14-6-4-8-19-10-14/h4-10,13,16,20H,11-12H2,1-3H3/t16-/m1/s1. The van der Waals surface area contributed by atoms with Crippen molar-refractivity contribution in [3.63, 3.8) is 0 Å². The topological polar surface area (TPSA) is 46.0 Å². The van der Waals surface area contributed by atoms with Gasteiger partial charge in [0.25, 0.3) is 0 Å². The van der Waals surface area contributed by atoms with E-state index < -0.39 is 0 Å². The van der Waals surface area contributed by atoms with E-state index in [9.17, 15) is 0 Å². The van der Waals surface area contributed by atoms with Gasteiger partial charge in [-0.15, -0.1) is 11.3 Å². The zero-order chi connectivity index (χ0) is 16.9. The molecule has 3 rings (SSSR count). The van der Waals surface area contributed by atoms with Crippen molar-refractivity contribution in [1.29, 1.82) is 0 Å². The lowest BCUT2D eigenvalue weighted by Crippen LogP contribution is -2.30. The van der Waals surface area contributed by atoms with E-state index in [1.165, 1.54) is 10.4 Å². The Hall–Kier alpha value is -2.02. The minimum atomic E-state index is 0.378. The Bertz CT molecular complexity index is 749. The Kier molecular flexibility index (Phi) is 5.40. The van der Waals surface area contributed by atoms with Crippen LogP contribution in [-0.2, 0) is 13.6 Å². The van der Waals surface area contributed by atoms with Crippen LogP contribution in [0.2, 0.25) is 0 Å². The van der Waals surface area contributed by atoms with Crippen LogP contribution in [0.3, 0.4) is 0 Å². The Morgan fingerprint density at radius 2 is 2.17 bits per heavy atom. The largest absolute Gasteiger partial charge is 0.311 e. The summed E-state index contributed by atoms with van der Waals surface area (Å²) >= 11 is 1.80. The van der Waals surface area contributed by atoms with E-state index in [-0.39, 0.29) is 0 Å². The number of likely N-dealkylation sites (N-methyl/N-ethyl adjacent to an activating group) is 1. The minimum absolute atomic E-state index is 0.378. The summed E-state index contributed by atoms with van der Waals surface area (Å²) in [6.45, 7) is 1.68. The van der Waals surface area contributed by atoms with Gasteiger partial charge >= 0.3 is 0 Å². The Balaban J connectivity index is 1.69. The average molecular weight is 341 g/mol. The van der Waals surface area contributed by atoms with E-state index in [1.54, 1.807) is 17.5 Å². The van der Waals surface area contributed by atoms with Crippen molar-refractivity contribution in [2.24, 2.45) is 7.05 Å². The van der Waals surface area contributed by atoms with E-state index >= 15 is 0 Å². The van der Waals surface area contributed by atoms with Gasteiger partial charge in [-0.05, 0) is 37.7 Å². The molecular weight excluding hydrogens is 318 g/mol. The molecular formula is C18H23N5S. The second kappa shape index (κ2) is 7.70. The third kappa shape index (κ3) is 3.90. The molecule has 3 heterocycles. The van der Waals surface area contributed by atoms with E-state index in [4.69, 9.17) is 0 Å². The van der Waals surface area contributed by atoms with Crippen LogP contribution in [0, 0.1) is 0 Å². The average Bonchev–Trinajstić information content (AvgIpc) is 3.22. The first-order valence-electron chi connectivity index (χ1n) is 7.98. The van der Waals surface area contributed by atoms with E-state index in [0.717, 1.165) is 24.3 Å². The molecule has 5 nitrogen and oxygen atoms in total. The van der Waals surface area contributed by atoms with Gasteiger partial charge in [-0.25, -0.2) is 0 Å². The highest BCUT2D eigenvalue weighted by molar-refractivity contribution is 7.10. The summed E-state index contributed by atoms with van der Waals surface area (Å²) in [5.41, 5.74) is 3.24. The normalized spacial score (nSPS) is 12.7. The lowest BCUT2D eigenvalue weighted by molar-refractivity contribution is 0.292. The van der Waals surface area contributed by atoms with Crippen LogP contribution < -0.4 is 5.32 Å². The quantitative estimate of drug-likeness (QED) is 0.718. The highest BCUT2D eigenvalue weighted by Crippen LogP contribution is 2.23. The Morgan fingerprint density at radius 1 is 1.29 bits per heavy atom. The van der Waals surface area contributed by atoms with Crippen molar-refractivity contribution in [2.45, 2.75) is 12.6 Å². The molecule has 0 aromatic carbocycles. The molecule has 0 spiro atoms. The first-order valence-corrected chi connectivity index (χ1v) is 8.86. The highest BCUT2D eigenvalue weighted by atomic mass is 32.1. The fraction of sp³-hybridized carbons (Fsp3) is 0.333. The first-order chi connectivity index (χ1) is 11.6. The molecule has 24 heavy (non-hydrogen) atoms. The van der Waals surface area contributed by atoms with Gasteiger partial charge in [-0.3, -0.25) is 9.67 Å². The number of thiophene rings is 1. The number of hydrogen-bond acceptors (Lipinski definition) is 5. The Morgan fingerprint density at radius 3 is 2.83 bits per heavy atom. The number of aromatic nitrogens is 3. The van der Waals surface area contributed by atoms with Gasteiger partial charge in [0.15, 0.2) is 0 Å². The third-order valence-corrected chi connectivity index (χ3v) is 4.96. The lowest BCUT2D eigenvalue weighted by Gasteiger charge is -2.23. The monoisotopic (exact) mass is 341 g/mol. The summed E-state index contributed by atoms with van der Waals surface area (Å²) in [6.07, 6.45) is 5.72. The summed E-state index contributed by atoms with van der Waals surface area (Å²) in [5, 5.41) is 10.3. The smallest absolute Gasteiger partial charge is 0.0983 e. The molecule has 0 aliphatic carbocycles. The predicted octanol–water partition coefficient (Wildman–Crippen LogP) is 2.94. The summed E-state index contributed by atoms with van der Waals surface area (Å²) in [4.78, 5) is 7.84. The molecule has 1 N–H and O–H groups in total. The Labute approximate surface area is 147 Å². The molecule has 1 atom stereocenters. The van der Waals surface area contributed by atoms with E-state index in [2.05, 4.69) is 58.1 Å². The second-order valence-electron chi connectivity index (χ2n) is 6.04. The third-order valence-electron chi connectivity index (χ3n) is 3.99. The van der Waals surface area contributed by atoms with Gasteiger partial charge in [0.05, 0.1) is 11.7 Å². The number of nitrogens with one attached hydrogen (secondary N) is 1. The SMILES string of the molecule is CN(C)[C@H](CNCc1cn(C)nc1-c1cccnc1)c1cccs1. The second-order valence-corrected chi connectivity index (χ2v) is 7.02. The van der Waals surface area contributed by atoms with Crippen LogP contribution in [0.4, 0.5) is 0 Å². The van der Waals surface area contributed by atoms with Crippen LogP contribution in [0.25, 0.3) is 11.3 Å². The molecule has 0 saturated carbocycles. The number of hydrogen-bond donors (Lipinski definition) is 1. The van der Waals surface area contributed by atoms with Gasteiger partial charge in [0, 0.05) is 54.7 Å². The van der Waals surface area contributed by atoms with Crippen LogP contribution in [0.5, 0.6) is 0 Å². The molecule has 3 aromatic heterocycles. The molecule has 0 radical (unpaired) electrons. The van der Waals surface area contributed by atoms with Crippen molar-refractivity contribution in [3.8, 4) is 11.3 Å². The fourth-order valence-corrected chi connectivity index (χ4v) is 3.70. The molecule has 0 aliphatic heterocycles. The minimum Gasteiger partial charge on any atom is -0.311 e. The fourth-order valence-electron chi connectivity index (χ4n) is 2.77. The molecule has 0 amide bonds. The molecule has 0 bridgehead atoms. The maximum Gasteiger partial charge on any atom is 0.0983 e. The first kappa shape index (κ1) is 16.8. The molecule has 0 fully saturated rings. The van der Waals surface area contributed by atoms with E-state index in [0.29, 0.717) is 6.04 Å². The molecule has 0 unspecified atom stereocenters. The molecule has 6 heteroatoms. The summed E-state index contributed by atoms with van der Waals surface area (Å²) in [7, 11) is 6.20. The van der Waals surface area contributed by atoms with Crippen LogP contribution in [-0.4, -0.2) is 40.3 Å². The summed E-state index contributed by atoms with van der Waals surface area (Å²) < 4.78 is 1.86. The van der Waals surface area contributed by atoms with Crippen molar-refractivity contribution in [2.75, 3.05) is 20.6 Å². The van der Waals surface area contributed by atoms with Crippen molar-refractivity contribution < 1.29 is 0 Å². The van der Waals surface area contributed by atoms with Crippen LogP contribution >= 0.6 is 11.3 Å². The highest BCUT2D eigenvalue weighted by Gasteiger charge is 2.16. The number of rotatable bonds is 7. The number of pyridine rings is 1. The number of nitrogens with zero attached hydrogens (tertiary/aromatic N) is 4. The molecule has 0 aliphatic rings. The predicted molar refractivity (Wildman–Crippen MR) is 98.9 cm³/mol. The van der Waals surface area contributed by atoms with Crippen LogP contribution in [0.1, 0.15) is 16.5 Å². The van der Waals surface area contributed by atoms with Crippen LogP contribution in [0.15, 0.2) is 48.2 Å². The molecule has 3 aromatic rings. The van der Waals surface area contributed by atoms with Gasteiger partial charge in [0.2, 0.25) is 0 Å². The summed E-state index contributed by atoms with van der Waals surface area (Å²) in [5.74, 6) is 0. The molecule has 0 saturated heterocycles. The van der Waals surface area contributed by atoms with Gasteiger partial charge in [-0.1, -0.05) is 6.07 Å². The van der Waals surface area contributed by atoms with Crippen molar-refractivity contribution >= 4 is 11.3 Å². The zero-order valence-electron chi connectivity index (χ0n) is 14.3. The van der Waals surface area contributed by atoms with Gasteiger partial charge in [-0.2, -0.15) is 5.10 Å². The maximum atomic E-state index is 4.59. The molecule has 126 valence electrons. The summed E-state index contributed by atoms with van der Waals surface area (Å²) in [6, 6.07) is 8.68. The van der Waals surface area contributed by atoms with Crippen molar-refractivity contribution in [1.82, 2.24) is 25.0 Å².